The van der Waals surface area contributed by atoms with Crippen molar-refractivity contribution in [3.8, 4) is 5.75 Å². The van der Waals surface area contributed by atoms with Crippen molar-refractivity contribution in [1.29, 1.82) is 0 Å². The number of nitrogens with zero attached hydrogens (tertiary/aromatic N) is 1. The van der Waals surface area contributed by atoms with Crippen molar-refractivity contribution in [3.63, 3.8) is 0 Å². The molecular formula is C13H21N2O3S. The summed E-state index contributed by atoms with van der Waals surface area (Å²) in [6.45, 7) is 5.48. The average molecular weight is 285 g/mol. The smallest absolute Gasteiger partial charge is 0.240 e. The highest BCUT2D eigenvalue weighted by molar-refractivity contribution is 7.89. The first-order valence-corrected chi connectivity index (χ1v) is 7.77. The Labute approximate surface area is 115 Å². The van der Waals surface area contributed by atoms with Gasteiger partial charge in [0.25, 0.3) is 0 Å². The van der Waals surface area contributed by atoms with Gasteiger partial charge in [0.05, 0.1) is 12.0 Å². The fourth-order valence-corrected chi connectivity index (χ4v) is 2.62. The molecule has 0 fully saturated rings. The molecule has 1 aromatic rings. The van der Waals surface area contributed by atoms with Crippen LogP contribution in [-0.4, -0.2) is 35.2 Å². The number of hydrogen-bond donors (Lipinski definition) is 1. The Hall–Kier alpha value is -1.11. The van der Waals surface area contributed by atoms with Gasteiger partial charge in [-0.2, -0.15) is 0 Å². The van der Waals surface area contributed by atoms with E-state index in [2.05, 4.69) is 10.0 Å². The van der Waals surface area contributed by atoms with Crippen LogP contribution in [0.1, 0.15) is 18.9 Å². The number of benzene rings is 1. The lowest BCUT2D eigenvalue weighted by Crippen LogP contribution is -2.29. The van der Waals surface area contributed by atoms with Gasteiger partial charge in [0.15, 0.2) is 0 Å². The molecule has 1 radical (unpaired) electrons. The second-order valence-electron chi connectivity index (χ2n) is 4.20. The Morgan fingerprint density at radius 2 is 2.05 bits per heavy atom. The van der Waals surface area contributed by atoms with Crippen LogP contribution in [0.4, 0.5) is 0 Å². The summed E-state index contributed by atoms with van der Waals surface area (Å²) in [5, 5.41) is 4.18. The monoisotopic (exact) mass is 285 g/mol. The molecule has 0 aliphatic carbocycles. The fourth-order valence-electron chi connectivity index (χ4n) is 1.58. The van der Waals surface area contributed by atoms with Gasteiger partial charge in [-0.25, -0.2) is 18.5 Å². The summed E-state index contributed by atoms with van der Waals surface area (Å²) in [6.07, 6.45) is 0.974. The third kappa shape index (κ3) is 4.81. The summed E-state index contributed by atoms with van der Waals surface area (Å²) in [6, 6.07) is 4.83. The zero-order valence-electron chi connectivity index (χ0n) is 11.6. The molecule has 5 nitrogen and oxygen atoms in total. The van der Waals surface area contributed by atoms with E-state index in [1.807, 2.05) is 13.8 Å². The molecule has 1 aromatic carbocycles. The molecule has 0 saturated heterocycles. The first-order valence-electron chi connectivity index (χ1n) is 6.29. The number of hydrogen-bond acceptors (Lipinski definition) is 3. The summed E-state index contributed by atoms with van der Waals surface area (Å²) in [4.78, 5) is 0.213. The van der Waals surface area contributed by atoms with Crippen LogP contribution in [-0.2, 0) is 10.0 Å². The van der Waals surface area contributed by atoms with Crippen molar-refractivity contribution in [2.75, 3.05) is 26.7 Å². The van der Waals surface area contributed by atoms with E-state index in [-0.39, 0.29) is 4.90 Å². The Morgan fingerprint density at radius 3 is 2.68 bits per heavy atom. The summed E-state index contributed by atoms with van der Waals surface area (Å²) < 4.78 is 31.7. The number of sulfonamides is 1. The van der Waals surface area contributed by atoms with Crippen molar-refractivity contribution < 1.29 is 13.2 Å². The number of ether oxygens (including phenoxy) is 1. The number of aryl methyl sites for hydroxylation is 1. The largest absolute Gasteiger partial charge is 0.496 e. The molecule has 0 aromatic heterocycles. The lowest BCUT2D eigenvalue weighted by molar-refractivity contribution is 0.410. The summed E-state index contributed by atoms with van der Waals surface area (Å²) in [5.74, 6) is 0.568. The van der Waals surface area contributed by atoms with E-state index in [9.17, 15) is 8.42 Å². The maximum Gasteiger partial charge on any atom is 0.240 e. The molecule has 1 rings (SSSR count). The van der Waals surface area contributed by atoms with Crippen LogP contribution in [0.5, 0.6) is 5.75 Å². The van der Waals surface area contributed by atoms with Gasteiger partial charge in [-0.1, -0.05) is 13.0 Å². The van der Waals surface area contributed by atoms with E-state index in [1.54, 1.807) is 12.1 Å². The first-order chi connectivity index (χ1) is 9.01. The fraction of sp³-hybridized carbons (Fsp3) is 0.538. The Bertz CT molecular complexity index is 501. The van der Waals surface area contributed by atoms with E-state index < -0.39 is 10.0 Å². The van der Waals surface area contributed by atoms with Crippen LogP contribution in [0.15, 0.2) is 23.1 Å². The number of nitrogens with one attached hydrogen (secondary N) is 1. The van der Waals surface area contributed by atoms with E-state index in [4.69, 9.17) is 4.74 Å². The van der Waals surface area contributed by atoms with Crippen molar-refractivity contribution in [3.05, 3.63) is 23.8 Å². The standard InChI is InChI=1S/C13H21N2O3S/c1-4-7-14-8-9-15-19(16,17)12-6-5-11(2)13(10-12)18-3/h5-6,10,15H,4,7-9H2,1-3H3. The van der Waals surface area contributed by atoms with Gasteiger partial charge >= 0.3 is 0 Å². The maximum absolute atomic E-state index is 12.0. The molecule has 107 valence electrons. The van der Waals surface area contributed by atoms with E-state index in [0.717, 1.165) is 18.5 Å². The van der Waals surface area contributed by atoms with E-state index in [0.29, 0.717) is 18.8 Å². The molecule has 1 N–H and O–H groups in total. The lowest BCUT2D eigenvalue weighted by Gasteiger charge is -2.09. The third-order valence-corrected chi connectivity index (χ3v) is 4.09. The van der Waals surface area contributed by atoms with Gasteiger partial charge in [0.2, 0.25) is 10.0 Å². The lowest BCUT2D eigenvalue weighted by atomic mass is 10.2. The van der Waals surface area contributed by atoms with Gasteiger partial charge in [0, 0.05) is 25.7 Å². The highest BCUT2D eigenvalue weighted by Gasteiger charge is 2.14. The highest BCUT2D eigenvalue weighted by atomic mass is 32.2. The summed E-state index contributed by atoms with van der Waals surface area (Å²) >= 11 is 0. The second kappa shape index (κ2) is 7.47. The Balaban J connectivity index is 2.67. The molecule has 0 heterocycles. The molecule has 6 heteroatoms. The average Bonchev–Trinajstić information content (AvgIpc) is 2.38. The molecule has 0 aliphatic rings. The molecule has 19 heavy (non-hydrogen) atoms. The van der Waals surface area contributed by atoms with Crippen molar-refractivity contribution in [2.45, 2.75) is 25.2 Å². The minimum Gasteiger partial charge on any atom is -0.496 e. The van der Waals surface area contributed by atoms with Crippen molar-refractivity contribution in [2.24, 2.45) is 0 Å². The van der Waals surface area contributed by atoms with Gasteiger partial charge in [0.1, 0.15) is 5.75 Å². The van der Waals surface area contributed by atoms with Gasteiger partial charge in [-0.3, -0.25) is 0 Å². The van der Waals surface area contributed by atoms with Crippen LogP contribution in [0.3, 0.4) is 0 Å². The van der Waals surface area contributed by atoms with Crippen LogP contribution < -0.4 is 14.8 Å². The summed E-state index contributed by atoms with van der Waals surface area (Å²) in [7, 11) is -1.96. The molecular weight excluding hydrogens is 264 g/mol. The molecule has 0 saturated carbocycles. The second-order valence-corrected chi connectivity index (χ2v) is 5.97. The topological polar surface area (TPSA) is 69.5 Å². The molecule has 0 atom stereocenters. The zero-order chi connectivity index (χ0) is 14.3. The summed E-state index contributed by atoms with van der Waals surface area (Å²) in [5.41, 5.74) is 0.902. The van der Waals surface area contributed by atoms with Gasteiger partial charge in [-0.15, -0.1) is 0 Å². The third-order valence-electron chi connectivity index (χ3n) is 2.63. The van der Waals surface area contributed by atoms with Crippen LogP contribution >= 0.6 is 0 Å². The van der Waals surface area contributed by atoms with Gasteiger partial charge in [-0.05, 0) is 25.0 Å². The maximum atomic E-state index is 12.0. The van der Waals surface area contributed by atoms with Crippen molar-refractivity contribution >= 4 is 10.0 Å². The Kier molecular flexibility index (Phi) is 6.27. The van der Waals surface area contributed by atoms with E-state index >= 15 is 0 Å². The molecule has 0 spiro atoms. The SMILES string of the molecule is CCC[N]CCNS(=O)(=O)c1ccc(C)c(OC)c1. The predicted octanol–water partition coefficient (Wildman–Crippen LogP) is 1.30. The molecule has 0 amide bonds. The number of rotatable bonds is 8. The zero-order valence-corrected chi connectivity index (χ0v) is 12.5. The first kappa shape index (κ1) is 15.9. The van der Waals surface area contributed by atoms with Crippen molar-refractivity contribution in [1.82, 2.24) is 10.0 Å². The highest BCUT2D eigenvalue weighted by Crippen LogP contribution is 2.21. The quantitative estimate of drug-likeness (QED) is 0.732. The minimum absolute atomic E-state index is 0.213. The van der Waals surface area contributed by atoms with E-state index in [1.165, 1.54) is 13.2 Å². The Morgan fingerprint density at radius 1 is 1.32 bits per heavy atom. The number of methoxy groups -OCH3 is 1. The normalized spacial score (nSPS) is 11.5. The van der Waals surface area contributed by atoms with Crippen LogP contribution in [0, 0.1) is 6.92 Å². The van der Waals surface area contributed by atoms with Crippen LogP contribution in [0.25, 0.3) is 0 Å². The molecule has 0 aliphatic heterocycles. The molecule has 0 unspecified atom stereocenters. The predicted molar refractivity (Wildman–Crippen MR) is 75.1 cm³/mol. The molecule has 0 bridgehead atoms. The minimum atomic E-state index is -3.49. The van der Waals surface area contributed by atoms with Crippen LogP contribution in [0.2, 0.25) is 0 Å². The van der Waals surface area contributed by atoms with Gasteiger partial charge < -0.3 is 4.74 Å².